The second kappa shape index (κ2) is 7.31. The summed E-state index contributed by atoms with van der Waals surface area (Å²) < 4.78 is 1.63. The van der Waals surface area contributed by atoms with Crippen molar-refractivity contribution in [3.63, 3.8) is 0 Å². The molecule has 0 radical (unpaired) electrons. The molecular formula is C22H23N5O3. The highest BCUT2D eigenvalue weighted by molar-refractivity contribution is 6.10. The lowest BCUT2D eigenvalue weighted by atomic mass is 10.1. The highest BCUT2D eigenvalue weighted by atomic mass is 16.3. The molecular weight excluding hydrogens is 382 g/mol. The van der Waals surface area contributed by atoms with Crippen molar-refractivity contribution in [3.8, 4) is 11.4 Å². The number of phenols is 1. The SMILES string of the molecule is Cc1ccc(O)c(C)c1-n1c(N)c(C(N)=O)c2nc3cc(CCCO)ccc3nc21. The largest absolute Gasteiger partial charge is 0.508 e. The van der Waals surface area contributed by atoms with Crippen LogP contribution in [-0.2, 0) is 6.42 Å². The number of carbonyl (C=O) groups excluding carboxylic acids is 1. The van der Waals surface area contributed by atoms with Gasteiger partial charge >= 0.3 is 0 Å². The lowest BCUT2D eigenvalue weighted by Gasteiger charge is -2.15. The molecule has 0 aliphatic heterocycles. The van der Waals surface area contributed by atoms with Crippen LogP contribution in [0.2, 0.25) is 0 Å². The first kappa shape index (κ1) is 19.7. The number of aryl methyl sites for hydroxylation is 2. The average molecular weight is 405 g/mol. The van der Waals surface area contributed by atoms with Gasteiger partial charge in [0.15, 0.2) is 5.65 Å². The molecule has 0 saturated heterocycles. The van der Waals surface area contributed by atoms with Crippen LogP contribution >= 0.6 is 0 Å². The summed E-state index contributed by atoms with van der Waals surface area (Å²) in [6.07, 6.45) is 1.35. The van der Waals surface area contributed by atoms with E-state index in [4.69, 9.17) is 21.6 Å². The Morgan fingerprint density at radius 3 is 2.60 bits per heavy atom. The van der Waals surface area contributed by atoms with Crippen molar-refractivity contribution in [3.05, 3.63) is 52.6 Å². The van der Waals surface area contributed by atoms with Crippen molar-refractivity contribution in [2.75, 3.05) is 12.3 Å². The van der Waals surface area contributed by atoms with Gasteiger partial charge in [-0.2, -0.15) is 0 Å². The summed E-state index contributed by atoms with van der Waals surface area (Å²) in [5.41, 5.74) is 17.2. The van der Waals surface area contributed by atoms with Crippen LogP contribution in [0.4, 0.5) is 5.82 Å². The molecule has 0 atom stereocenters. The van der Waals surface area contributed by atoms with Crippen molar-refractivity contribution in [2.24, 2.45) is 5.73 Å². The standard InChI is InChI=1S/C22H23N5O3/c1-11-5-8-16(29)12(2)19(11)27-20(23)17(21(24)30)18-22(27)26-14-7-6-13(4-3-9-28)10-15(14)25-18/h5-8,10,28-29H,3-4,9,23H2,1-2H3,(H2,24,30). The molecule has 4 aromatic rings. The first-order chi connectivity index (χ1) is 14.3. The van der Waals surface area contributed by atoms with E-state index in [-0.39, 0.29) is 23.7 Å². The summed E-state index contributed by atoms with van der Waals surface area (Å²) in [4.78, 5) is 21.6. The van der Waals surface area contributed by atoms with E-state index in [1.165, 1.54) is 0 Å². The average Bonchev–Trinajstić information content (AvgIpc) is 2.99. The van der Waals surface area contributed by atoms with Gasteiger partial charge < -0.3 is 21.7 Å². The number of aromatic hydroxyl groups is 1. The van der Waals surface area contributed by atoms with Gasteiger partial charge in [-0.3, -0.25) is 9.36 Å². The van der Waals surface area contributed by atoms with E-state index in [1.54, 1.807) is 23.6 Å². The van der Waals surface area contributed by atoms with Crippen molar-refractivity contribution >= 4 is 33.9 Å². The number of nitrogens with zero attached hydrogens (tertiary/aromatic N) is 3. The lowest BCUT2D eigenvalue weighted by Crippen LogP contribution is -2.14. The minimum Gasteiger partial charge on any atom is -0.508 e. The number of hydrogen-bond acceptors (Lipinski definition) is 6. The Morgan fingerprint density at radius 1 is 1.13 bits per heavy atom. The highest BCUT2D eigenvalue weighted by Gasteiger charge is 2.25. The molecule has 0 fully saturated rings. The van der Waals surface area contributed by atoms with Gasteiger partial charge in [-0.25, -0.2) is 9.97 Å². The number of nitrogen functional groups attached to an aromatic ring is 1. The fourth-order valence-corrected chi connectivity index (χ4v) is 3.84. The second-order valence-corrected chi connectivity index (χ2v) is 7.38. The van der Waals surface area contributed by atoms with E-state index in [2.05, 4.69) is 4.98 Å². The number of aliphatic hydroxyl groups is 1. The van der Waals surface area contributed by atoms with Crippen LogP contribution in [0.3, 0.4) is 0 Å². The first-order valence-electron chi connectivity index (χ1n) is 9.64. The number of hydrogen-bond donors (Lipinski definition) is 4. The summed E-state index contributed by atoms with van der Waals surface area (Å²) in [5, 5.41) is 19.3. The molecule has 0 bridgehead atoms. The number of fused-ring (bicyclic) bond motifs is 2. The normalized spacial score (nSPS) is 11.4. The van der Waals surface area contributed by atoms with Gasteiger partial charge in [0.1, 0.15) is 22.6 Å². The quantitative estimate of drug-likeness (QED) is 0.402. The van der Waals surface area contributed by atoms with Crippen LogP contribution < -0.4 is 11.5 Å². The van der Waals surface area contributed by atoms with Gasteiger partial charge in [-0.15, -0.1) is 0 Å². The number of aromatic nitrogens is 3. The molecule has 2 aromatic heterocycles. The molecule has 1 amide bonds. The molecule has 2 aromatic carbocycles. The van der Waals surface area contributed by atoms with E-state index in [1.807, 2.05) is 25.1 Å². The zero-order chi connectivity index (χ0) is 21.6. The van der Waals surface area contributed by atoms with Gasteiger partial charge in [-0.05, 0) is 56.0 Å². The Labute approximate surface area is 172 Å². The van der Waals surface area contributed by atoms with E-state index < -0.39 is 5.91 Å². The molecule has 154 valence electrons. The first-order valence-corrected chi connectivity index (χ1v) is 9.64. The molecule has 0 unspecified atom stereocenters. The van der Waals surface area contributed by atoms with Gasteiger partial charge in [0.2, 0.25) is 0 Å². The number of amides is 1. The summed E-state index contributed by atoms with van der Waals surface area (Å²) in [7, 11) is 0. The van der Waals surface area contributed by atoms with E-state index in [0.717, 1.165) is 11.1 Å². The summed E-state index contributed by atoms with van der Waals surface area (Å²) >= 11 is 0. The number of carbonyl (C=O) groups is 1. The number of phenolic OH excluding ortho intramolecular Hbond substituents is 1. The van der Waals surface area contributed by atoms with Gasteiger partial charge in [0.05, 0.1) is 16.7 Å². The predicted octanol–water partition coefficient (Wildman–Crippen LogP) is 2.50. The Bertz CT molecular complexity index is 1310. The van der Waals surface area contributed by atoms with Crippen LogP contribution in [0.15, 0.2) is 30.3 Å². The van der Waals surface area contributed by atoms with E-state index >= 15 is 0 Å². The summed E-state index contributed by atoms with van der Waals surface area (Å²) in [6, 6.07) is 9.07. The topological polar surface area (TPSA) is 140 Å². The highest BCUT2D eigenvalue weighted by Crippen LogP contribution is 2.35. The Balaban J connectivity index is 2.07. The third-order valence-electron chi connectivity index (χ3n) is 5.35. The van der Waals surface area contributed by atoms with Gasteiger partial charge in [0, 0.05) is 12.2 Å². The molecule has 6 N–H and O–H groups in total. The fourth-order valence-electron chi connectivity index (χ4n) is 3.84. The van der Waals surface area contributed by atoms with Gasteiger partial charge in [-0.1, -0.05) is 12.1 Å². The molecule has 30 heavy (non-hydrogen) atoms. The number of rotatable bonds is 5. The van der Waals surface area contributed by atoms with Crippen molar-refractivity contribution in [1.82, 2.24) is 14.5 Å². The third kappa shape index (κ3) is 3.02. The van der Waals surface area contributed by atoms with E-state index in [9.17, 15) is 9.90 Å². The molecule has 0 aliphatic carbocycles. The lowest BCUT2D eigenvalue weighted by molar-refractivity contribution is 0.100. The number of anilines is 1. The van der Waals surface area contributed by atoms with Crippen LogP contribution in [0, 0.1) is 13.8 Å². The summed E-state index contributed by atoms with van der Waals surface area (Å²) in [5.74, 6) is -0.457. The molecule has 4 rings (SSSR count). The van der Waals surface area contributed by atoms with Crippen LogP contribution in [-0.4, -0.2) is 37.3 Å². The Kier molecular flexibility index (Phi) is 4.79. The smallest absolute Gasteiger partial charge is 0.254 e. The Hall–Kier alpha value is -3.65. The van der Waals surface area contributed by atoms with Crippen molar-refractivity contribution in [1.29, 1.82) is 0 Å². The number of nitrogens with two attached hydrogens (primary N) is 2. The number of aliphatic hydroxyl groups excluding tert-OH is 1. The van der Waals surface area contributed by atoms with Crippen molar-refractivity contribution in [2.45, 2.75) is 26.7 Å². The maximum Gasteiger partial charge on any atom is 0.254 e. The molecule has 8 heteroatoms. The van der Waals surface area contributed by atoms with Crippen LogP contribution in [0.25, 0.3) is 27.9 Å². The molecule has 0 spiro atoms. The summed E-state index contributed by atoms with van der Waals surface area (Å²) in [6.45, 7) is 3.77. The number of benzene rings is 2. The third-order valence-corrected chi connectivity index (χ3v) is 5.35. The van der Waals surface area contributed by atoms with Crippen LogP contribution in [0.1, 0.15) is 33.5 Å². The fraction of sp³-hybridized carbons (Fsp3) is 0.227. The predicted molar refractivity (Wildman–Crippen MR) is 116 cm³/mol. The molecule has 8 nitrogen and oxygen atoms in total. The zero-order valence-electron chi connectivity index (χ0n) is 16.8. The maximum absolute atomic E-state index is 12.2. The molecule has 0 aliphatic rings. The molecule has 0 saturated carbocycles. The zero-order valence-corrected chi connectivity index (χ0v) is 16.8. The monoisotopic (exact) mass is 405 g/mol. The maximum atomic E-state index is 12.2. The van der Waals surface area contributed by atoms with Crippen LogP contribution in [0.5, 0.6) is 5.75 Å². The molecule has 2 heterocycles. The minimum atomic E-state index is -0.697. The number of primary amides is 1. The van der Waals surface area contributed by atoms with Gasteiger partial charge in [0.25, 0.3) is 5.91 Å². The van der Waals surface area contributed by atoms with Crippen molar-refractivity contribution < 1.29 is 15.0 Å². The second-order valence-electron chi connectivity index (χ2n) is 7.38. The minimum absolute atomic E-state index is 0.0994. The van der Waals surface area contributed by atoms with E-state index in [0.29, 0.717) is 46.3 Å². The Morgan fingerprint density at radius 2 is 1.90 bits per heavy atom.